The van der Waals surface area contributed by atoms with Crippen LogP contribution in [0.3, 0.4) is 0 Å². The predicted molar refractivity (Wildman–Crippen MR) is 64.8 cm³/mol. The largest absolute Gasteiger partial charge is 0.349 e. The molecule has 0 saturated heterocycles. The topological polar surface area (TPSA) is 42.0 Å². The molecule has 1 aliphatic rings. The Hall–Kier alpha value is -1.42. The average Bonchev–Trinajstić information content (AvgIpc) is 2.96. The van der Waals surface area contributed by atoms with E-state index in [9.17, 15) is 4.79 Å². The summed E-state index contributed by atoms with van der Waals surface area (Å²) >= 11 is 1.66. The molecule has 1 fully saturated rings. The van der Waals surface area contributed by atoms with Crippen LogP contribution in [0.1, 0.15) is 28.2 Å². The molecule has 0 radical (unpaired) electrons. The number of rotatable bonds is 2. The minimum Gasteiger partial charge on any atom is -0.349 e. The highest BCUT2D eigenvalue weighted by Crippen LogP contribution is 2.23. The maximum atomic E-state index is 11.8. The van der Waals surface area contributed by atoms with Crippen molar-refractivity contribution < 1.29 is 4.79 Å². The molecule has 16 heavy (non-hydrogen) atoms. The van der Waals surface area contributed by atoms with Gasteiger partial charge in [-0.3, -0.25) is 4.79 Å². The van der Waals surface area contributed by atoms with Gasteiger partial charge in [0.25, 0.3) is 5.91 Å². The molecule has 1 aromatic heterocycles. The first-order chi connectivity index (χ1) is 7.72. The Bertz CT molecular complexity index is 557. The van der Waals surface area contributed by atoms with Crippen molar-refractivity contribution in [2.45, 2.75) is 25.8 Å². The number of nitrogens with one attached hydrogen (secondary N) is 1. The number of benzene rings is 1. The number of hydrogen-bond acceptors (Lipinski definition) is 3. The van der Waals surface area contributed by atoms with E-state index in [0.29, 0.717) is 11.6 Å². The SMILES string of the molecule is Cc1nc2cc(C(=O)NC3CC3)ccc2s1. The van der Waals surface area contributed by atoms with Crippen molar-refractivity contribution in [2.75, 3.05) is 0 Å². The highest BCUT2D eigenvalue weighted by molar-refractivity contribution is 7.18. The molecule has 4 heteroatoms. The Balaban J connectivity index is 1.93. The summed E-state index contributed by atoms with van der Waals surface area (Å²) in [4.78, 5) is 16.2. The fourth-order valence-corrected chi connectivity index (χ4v) is 2.49. The van der Waals surface area contributed by atoms with E-state index >= 15 is 0 Å². The fraction of sp³-hybridized carbons (Fsp3) is 0.333. The Morgan fingerprint density at radius 2 is 2.31 bits per heavy atom. The van der Waals surface area contributed by atoms with Crippen molar-refractivity contribution in [2.24, 2.45) is 0 Å². The van der Waals surface area contributed by atoms with Crippen molar-refractivity contribution in [1.82, 2.24) is 10.3 Å². The van der Waals surface area contributed by atoms with Crippen LogP contribution < -0.4 is 5.32 Å². The van der Waals surface area contributed by atoms with Crippen LogP contribution in [0.5, 0.6) is 0 Å². The van der Waals surface area contributed by atoms with Gasteiger partial charge in [-0.2, -0.15) is 0 Å². The molecule has 0 spiro atoms. The number of aryl methyl sites for hydroxylation is 1. The molecule has 0 aliphatic heterocycles. The quantitative estimate of drug-likeness (QED) is 0.864. The van der Waals surface area contributed by atoms with Crippen LogP contribution >= 0.6 is 11.3 Å². The molecule has 2 aromatic rings. The molecular formula is C12H12N2OS. The second-order valence-electron chi connectivity index (χ2n) is 4.16. The number of aromatic nitrogens is 1. The fourth-order valence-electron chi connectivity index (χ4n) is 1.68. The molecule has 3 rings (SSSR count). The van der Waals surface area contributed by atoms with Crippen LogP contribution in [0.15, 0.2) is 18.2 Å². The minimum atomic E-state index is 0.0232. The predicted octanol–water partition coefficient (Wildman–Crippen LogP) is 2.50. The molecule has 1 aliphatic carbocycles. The van der Waals surface area contributed by atoms with Crippen LogP contribution in [-0.4, -0.2) is 16.9 Å². The number of carbonyl (C=O) groups is 1. The minimum absolute atomic E-state index is 0.0232. The first-order valence-electron chi connectivity index (χ1n) is 5.40. The molecule has 3 nitrogen and oxygen atoms in total. The van der Waals surface area contributed by atoms with Crippen LogP contribution in [0.25, 0.3) is 10.2 Å². The van der Waals surface area contributed by atoms with Crippen molar-refractivity contribution in [3.05, 3.63) is 28.8 Å². The van der Waals surface area contributed by atoms with E-state index in [-0.39, 0.29) is 5.91 Å². The van der Waals surface area contributed by atoms with Gasteiger partial charge in [0.05, 0.1) is 15.2 Å². The summed E-state index contributed by atoms with van der Waals surface area (Å²) in [5.74, 6) is 0.0232. The maximum absolute atomic E-state index is 11.8. The normalized spacial score (nSPS) is 15.3. The van der Waals surface area contributed by atoms with Gasteiger partial charge in [-0.05, 0) is 38.0 Å². The summed E-state index contributed by atoms with van der Waals surface area (Å²) in [7, 11) is 0. The summed E-state index contributed by atoms with van der Waals surface area (Å²) in [6.07, 6.45) is 2.23. The lowest BCUT2D eigenvalue weighted by Crippen LogP contribution is -2.25. The van der Waals surface area contributed by atoms with Crippen molar-refractivity contribution >= 4 is 27.5 Å². The van der Waals surface area contributed by atoms with Gasteiger partial charge in [-0.1, -0.05) is 0 Å². The molecule has 0 unspecified atom stereocenters. The van der Waals surface area contributed by atoms with E-state index in [1.54, 1.807) is 11.3 Å². The van der Waals surface area contributed by atoms with Crippen LogP contribution in [0, 0.1) is 6.92 Å². The van der Waals surface area contributed by atoms with E-state index < -0.39 is 0 Å². The highest BCUT2D eigenvalue weighted by Gasteiger charge is 2.23. The standard InChI is InChI=1S/C12H12N2OS/c1-7-13-10-6-8(2-5-11(10)16-7)12(15)14-9-3-4-9/h2,5-6,9H,3-4H2,1H3,(H,14,15). The monoisotopic (exact) mass is 232 g/mol. The molecule has 1 heterocycles. The lowest BCUT2D eigenvalue weighted by Gasteiger charge is -2.02. The third-order valence-corrected chi connectivity index (χ3v) is 3.62. The first-order valence-corrected chi connectivity index (χ1v) is 6.22. The molecular weight excluding hydrogens is 220 g/mol. The molecule has 82 valence electrons. The third kappa shape index (κ3) is 1.80. The number of carbonyl (C=O) groups excluding carboxylic acids is 1. The van der Waals surface area contributed by atoms with E-state index in [2.05, 4.69) is 10.3 Å². The van der Waals surface area contributed by atoms with Crippen LogP contribution in [0.2, 0.25) is 0 Å². The van der Waals surface area contributed by atoms with E-state index in [1.165, 1.54) is 0 Å². The van der Waals surface area contributed by atoms with Gasteiger partial charge in [0.15, 0.2) is 0 Å². The van der Waals surface area contributed by atoms with Gasteiger partial charge in [0.2, 0.25) is 0 Å². The van der Waals surface area contributed by atoms with Gasteiger partial charge in [-0.15, -0.1) is 11.3 Å². The molecule has 1 aromatic carbocycles. The van der Waals surface area contributed by atoms with Crippen molar-refractivity contribution in [3.8, 4) is 0 Å². The zero-order valence-electron chi connectivity index (χ0n) is 8.99. The average molecular weight is 232 g/mol. The zero-order chi connectivity index (χ0) is 11.1. The number of nitrogens with zero attached hydrogens (tertiary/aromatic N) is 1. The Labute approximate surface area is 97.5 Å². The molecule has 1 amide bonds. The smallest absolute Gasteiger partial charge is 0.251 e. The zero-order valence-corrected chi connectivity index (χ0v) is 9.80. The number of hydrogen-bond donors (Lipinski definition) is 1. The lowest BCUT2D eigenvalue weighted by molar-refractivity contribution is 0.0951. The van der Waals surface area contributed by atoms with E-state index in [4.69, 9.17) is 0 Å². The summed E-state index contributed by atoms with van der Waals surface area (Å²) in [5.41, 5.74) is 1.63. The van der Waals surface area contributed by atoms with E-state index in [0.717, 1.165) is 28.1 Å². The Kier molecular flexibility index (Phi) is 2.17. The van der Waals surface area contributed by atoms with Gasteiger partial charge >= 0.3 is 0 Å². The number of amides is 1. The van der Waals surface area contributed by atoms with E-state index in [1.807, 2.05) is 25.1 Å². The number of thiazole rings is 1. The molecule has 0 atom stereocenters. The van der Waals surface area contributed by atoms with Crippen molar-refractivity contribution in [3.63, 3.8) is 0 Å². The van der Waals surface area contributed by atoms with Crippen molar-refractivity contribution in [1.29, 1.82) is 0 Å². The summed E-state index contributed by atoms with van der Waals surface area (Å²) in [6.45, 7) is 1.98. The second kappa shape index (κ2) is 3.56. The second-order valence-corrected chi connectivity index (χ2v) is 5.40. The molecule has 1 saturated carbocycles. The van der Waals surface area contributed by atoms with Crippen LogP contribution in [-0.2, 0) is 0 Å². The Morgan fingerprint density at radius 3 is 3.06 bits per heavy atom. The van der Waals surface area contributed by atoms with Gasteiger partial charge in [0.1, 0.15) is 0 Å². The number of fused-ring (bicyclic) bond motifs is 1. The van der Waals surface area contributed by atoms with Gasteiger partial charge in [0, 0.05) is 11.6 Å². The molecule has 0 bridgehead atoms. The third-order valence-electron chi connectivity index (χ3n) is 2.67. The lowest BCUT2D eigenvalue weighted by atomic mass is 10.2. The van der Waals surface area contributed by atoms with Crippen LogP contribution in [0.4, 0.5) is 0 Å². The molecule has 1 N–H and O–H groups in total. The highest BCUT2D eigenvalue weighted by atomic mass is 32.1. The first kappa shape index (κ1) is 9.78. The Morgan fingerprint density at radius 1 is 1.50 bits per heavy atom. The summed E-state index contributed by atoms with van der Waals surface area (Å²) in [5, 5.41) is 4.02. The maximum Gasteiger partial charge on any atom is 0.251 e. The summed E-state index contributed by atoms with van der Waals surface area (Å²) in [6, 6.07) is 6.12. The van der Waals surface area contributed by atoms with Gasteiger partial charge < -0.3 is 5.32 Å². The van der Waals surface area contributed by atoms with Gasteiger partial charge in [-0.25, -0.2) is 4.98 Å². The summed E-state index contributed by atoms with van der Waals surface area (Å²) < 4.78 is 1.14.